The van der Waals surface area contributed by atoms with E-state index in [1.165, 1.54) is 24.1 Å². The second kappa shape index (κ2) is 5.43. The number of fused-ring (bicyclic) bond motifs is 1. The highest BCUT2D eigenvalue weighted by Gasteiger charge is 2.43. The fourth-order valence-corrected chi connectivity index (χ4v) is 5.16. The van der Waals surface area contributed by atoms with Gasteiger partial charge in [0.2, 0.25) is 11.6 Å². The molecule has 1 aromatic carbocycles. The Morgan fingerprint density at radius 2 is 1.70 bits per heavy atom. The predicted molar refractivity (Wildman–Crippen MR) is 84.2 cm³/mol. The van der Waals surface area contributed by atoms with Crippen LogP contribution in [0.25, 0.3) is 0 Å². The summed E-state index contributed by atoms with van der Waals surface area (Å²) >= 11 is 6.08. The molecule has 1 saturated heterocycles. The van der Waals surface area contributed by atoms with Gasteiger partial charge in [-0.1, -0.05) is 35.9 Å². The summed E-state index contributed by atoms with van der Waals surface area (Å²) in [6.45, 7) is 0. The number of nitrogens with zero attached hydrogens (tertiary/aromatic N) is 1. The first-order chi connectivity index (χ1) is 10.7. The van der Waals surface area contributed by atoms with Crippen molar-refractivity contribution in [3.05, 3.63) is 46.1 Å². The zero-order chi connectivity index (χ0) is 16.9. The van der Waals surface area contributed by atoms with Gasteiger partial charge in [-0.3, -0.25) is 9.59 Å². The minimum Gasteiger partial charge on any atom is -0.390 e. The fraction of sp³-hybridized carbons (Fsp3) is 0.333. The van der Waals surface area contributed by atoms with E-state index < -0.39 is 33.5 Å². The summed E-state index contributed by atoms with van der Waals surface area (Å²) in [4.78, 5) is 26.3. The molecule has 2 aliphatic rings. The molecule has 0 saturated carbocycles. The second-order valence-corrected chi connectivity index (χ2v) is 8.22. The van der Waals surface area contributed by atoms with Crippen LogP contribution in [0.5, 0.6) is 0 Å². The van der Waals surface area contributed by atoms with Crippen molar-refractivity contribution >= 4 is 33.0 Å². The molecule has 8 heteroatoms. The molecule has 1 fully saturated rings. The smallest absolute Gasteiger partial charge is 0.211 e. The molecule has 0 radical (unpaired) electrons. The molecule has 0 spiro atoms. The van der Waals surface area contributed by atoms with Gasteiger partial charge in [0.25, 0.3) is 0 Å². The minimum absolute atomic E-state index is 0.0727. The first-order valence-electron chi connectivity index (χ1n) is 6.92. The second-order valence-electron chi connectivity index (χ2n) is 5.69. The van der Waals surface area contributed by atoms with Crippen molar-refractivity contribution in [3.63, 3.8) is 0 Å². The Morgan fingerprint density at radius 3 is 2.22 bits per heavy atom. The minimum atomic E-state index is -3.39. The average Bonchev–Trinajstić information content (AvgIpc) is 2.78. The Hall–Kier alpha value is -1.70. The van der Waals surface area contributed by atoms with Gasteiger partial charge in [-0.2, -0.15) is 0 Å². The topological polar surface area (TPSA) is 91.8 Å². The van der Waals surface area contributed by atoms with Gasteiger partial charge in [-0.25, -0.2) is 8.42 Å². The van der Waals surface area contributed by atoms with Crippen molar-refractivity contribution in [2.75, 3.05) is 18.6 Å². The van der Waals surface area contributed by atoms with E-state index in [-0.39, 0.29) is 33.4 Å². The number of halogens is 1. The molecule has 1 aliphatic heterocycles. The standard InChI is InChI=1S/C15H14ClNO5S/c1-17(10-6-23(21,22)7-11(10)18)13-12(16)14(19)8-4-2-3-5-9(8)15(13)20/h2-5,10-11,18H,6-7H2,1H3/t10-,11-/m0/s1. The van der Waals surface area contributed by atoms with E-state index in [1.807, 2.05) is 0 Å². The average molecular weight is 356 g/mol. The Bertz CT molecular complexity index is 845. The number of sulfone groups is 1. The summed E-state index contributed by atoms with van der Waals surface area (Å²) in [6.07, 6.45) is -1.14. The van der Waals surface area contributed by atoms with E-state index in [0.29, 0.717) is 0 Å². The molecule has 2 atom stereocenters. The van der Waals surface area contributed by atoms with Crippen LogP contribution < -0.4 is 0 Å². The van der Waals surface area contributed by atoms with Crippen LogP contribution in [0.15, 0.2) is 35.0 Å². The van der Waals surface area contributed by atoms with Crippen LogP contribution >= 0.6 is 11.6 Å². The van der Waals surface area contributed by atoms with Gasteiger partial charge in [-0.15, -0.1) is 0 Å². The maximum absolute atomic E-state index is 12.7. The summed E-state index contributed by atoms with van der Waals surface area (Å²) in [5.74, 6) is -1.60. The third kappa shape index (κ3) is 2.58. The molecule has 0 aromatic heterocycles. The van der Waals surface area contributed by atoms with Crippen LogP contribution in [0.3, 0.4) is 0 Å². The Balaban J connectivity index is 2.04. The number of hydrogen-bond acceptors (Lipinski definition) is 6. The quantitative estimate of drug-likeness (QED) is 0.835. The molecule has 1 heterocycles. The van der Waals surface area contributed by atoms with E-state index in [9.17, 15) is 23.1 Å². The SMILES string of the molecule is CN(C1=C(Cl)C(=O)c2ccccc2C1=O)[C@H]1CS(=O)(=O)C[C@@H]1O. The van der Waals surface area contributed by atoms with Gasteiger partial charge in [0.05, 0.1) is 23.7 Å². The lowest BCUT2D eigenvalue weighted by atomic mass is 9.91. The van der Waals surface area contributed by atoms with E-state index in [4.69, 9.17) is 11.6 Å². The number of carbonyl (C=O) groups is 2. The third-order valence-corrected chi connectivity index (χ3v) is 6.23. The normalized spacial score (nSPS) is 26.4. The van der Waals surface area contributed by atoms with Crippen LogP contribution in [0.1, 0.15) is 20.7 Å². The van der Waals surface area contributed by atoms with Crippen LogP contribution in [-0.4, -0.2) is 60.7 Å². The van der Waals surface area contributed by atoms with Crippen molar-refractivity contribution < 1.29 is 23.1 Å². The van der Waals surface area contributed by atoms with Gasteiger partial charge < -0.3 is 10.0 Å². The van der Waals surface area contributed by atoms with Crippen molar-refractivity contribution in [1.29, 1.82) is 0 Å². The largest absolute Gasteiger partial charge is 0.390 e. The summed E-state index contributed by atoms with van der Waals surface area (Å²) in [7, 11) is -1.93. The van der Waals surface area contributed by atoms with Crippen molar-refractivity contribution in [3.8, 4) is 0 Å². The maximum atomic E-state index is 12.7. The number of likely N-dealkylation sites (N-methyl/N-ethyl adjacent to an activating group) is 1. The van der Waals surface area contributed by atoms with Gasteiger partial charge in [0.15, 0.2) is 9.84 Å². The van der Waals surface area contributed by atoms with Crippen LogP contribution in [0.4, 0.5) is 0 Å². The Kier molecular flexibility index (Phi) is 3.82. The fourth-order valence-electron chi connectivity index (χ4n) is 2.99. The zero-order valence-corrected chi connectivity index (χ0v) is 13.8. The molecule has 23 heavy (non-hydrogen) atoms. The van der Waals surface area contributed by atoms with Crippen LogP contribution in [-0.2, 0) is 9.84 Å². The molecular weight excluding hydrogens is 342 g/mol. The Morgan fingerprint density at radius 1 is 1.13 bits per heavy atom. The Labute approximate surface area is 138 Å². The maximum Gasteiger partial charge on any atom is 0.211 e. The molecular formula is C15H14ClNO5S. The van der Waals surface area contributed by atoms with E-state index >= 15 is 0 Å². The van der Waals surface area contributed by atoms with Crippen molar-refractivity contribution in [2.45, 2.75) is 12.1 Å². The number of Topliss-reactive ketones (excluding diaryl/α,β-unsaturated/α-hetero) is 2. The molecule has 0 unspecified atom stereocenters. The van der Waals surface area contributed by atoms with Gasteiger partial charge >= 0.3 is 0 Å². The first kappa shape index (κ1) is 16.2. The lowest BCUT2D eigenvalue weighted by Gasteiger charge is -2.32. The van der Waals surface area contributed by atoms with Crippen molar-refractivity contribution in [1.82, 2.24) is 4.90 Å². The molecule has 122 valence electrons. The van der Waals surface area contributed by atoms with Crippen molar-refractivity contribution in [2.24, 2.45) is 0 Å². The van der Waals surface area contributed by atoms with E-state index in [2.05, 4.69) is 0 Å². The summed E-state index contributed by atoms with van der Waals surface area (Å²) in [6, 6.07) is 5.50. The molecule has 6 nitrogen and oxygen atoms in total. The molecule has 0 amide bonds. The number of hydrogen-bond donors (Lipinski definition) is 1. The van der Waals surface area contributed by atoms with Gasteiger partial charge in [0.1, 0.15) is 10.7 Å². The lowest BCUT2D eigenvalue weighted by molar-refractivity contribution is 0.0875. The van der Waals surface area contributed by atoms with Gasteiger partial charge in [0, 0.05) is 18.2 Å². The molecule has 3 rings (SSSR count). The third-order valence-electron chi connectivity index (χ3n) is 4.18. The molecule has 0 bridgehead atoms. The predicted octanol–water partition coefficient (Wildman–Crippen LogP) is 0.606. The molecule has 1 aromatic rings. The molecule has 1 N–H and O–H groups in total. The number of rotatable bonds is 2. The lowest BCUT2D eigenvalue weighted by Crippen LogP contribution is -2.43. The van der Waals surface area contributed by atoms with Crippen LogP contribution in [0.2, 0.25) is 0 Å². The summed E-state index contributed by atoms with van der Waals surface area (Å²) < 4.78 is 23.4. The van der Waals surface area contributed by atoms with E-state index in [1.54, 1.807) is 12.1 Å². The highest BCUT2D eigenvalue weighted by Crippen LogP contribution is 2.32. The number of allylic oxidation sites excluding steroid dienone is 2. The zero-order valence-electron chi connectivity index (χ0n) is 12.2. The summed E-state index contributed by atoms with van der Waals surface area (Å²) in [5.41, 5.74) is 0.370. The highest BCUT2D eigenvalue weighted by atomic mass is 35.5. The molecule has 1 aliphatic carbocycles. The summed E-state index contributed by atoms with van der Waals surface area (Å²) in [5, 5.41) is 9.72. The first-order valence-corrected chi connectivity index (χ1v) is 9.12. The highest BCUT2D eigenvalue weighted by molar-refractivity contribution is 7.91. The number of carbonyl (C=O) groups excluding carboxylic acids is 2. The number of aliphatic hydroxyl groups excluding tert-OH is 1. The monoisotopic (exact) mass is 355 g/mol. The van der Waals surface area contributed by atoms with Crippen LogP contribution in [0, 0.1) is 0 Å². The van der Waals surface area contributed by atoms with Gasteiger partial charge in [-0.05, 0) is 0 Å². The number of ketones is 2. The number of aliphatic hydroxyl groups is 1. The van der Waals surface area contributed by atoms with E-state index in [0.717, 1.165) is 0 Å². The number of benzene rings is 1.